The lowest BCUT2D eigenvalue weighted by atomic mass is 10.1. The van der Waals surface area contributed by atoms with Crippen molar-refractivity contribution in [3.05, 3.63) is 46.9 Å². The molecule has 1 aromatic heterocycles. The molecule has 0 spiro atoms. The Morgan fingerprint density at radius 2 is 2.14 bits per heavy atom. The summed E-state index contributed by atoms with van der Waals surface area (Å²) in [6, 6.07) is 7.66. The first-order valence-corrected chi connectivity index (χ1v) is 6.70. The molecule has 108 valence electrons. The average molecular weight is 284 g/mol. The molecule has 0 saturated carbocycles. The number of hydrogen-bond donors (Lipinski definition) is 1. The number of aryl methyl sites for hydroxylation is 1. The lowest BCUT2D eigenvalue weighted by Crippen LogP contribution is -2.02. The number of aromatic nitrogens is 1. The highest BCUT2D eigenvalue weighted by Gasteiger charge is 2.18. The summed E-state index contributed by atoms with van der Waals surface area (Å²) in [4.78, 5) is 14.2. The van der Waals surface area contributed by atoms with E-state index in [1.54, 1.807) is 0 Å². The van der Waals surface area contributed by atoms with Gasteiger partial charge in [-0.1, -0.05) is 18.2 Å². The molecule has 0 unspecified atom stereocenters. The molecule has 21 heavy (non-hydrogen) atoms. The zero-order chi connectivity index (χ0) is 15.4. The van der Waals surface area contributed by atoms with Crippen molar-refractivity contribution < 1.29 is 14.6 Å². The topological polar surface area (TPSA) is 55.8 Å². The molecule has 0 atom stereocenters. The molecule has 0 radical (unpaired) electrons. The molecular formula is C16H16N2O3. The van der Waals surface area contributed by atoms with E-state index in [2.05, 4.69) is 4.85 Å². The molecule has 1 N–H and O–H groups in total. The van der Waals surface area contributed by atoms with Gasteiger partial charge in [-0.15, -0.1) is 0 Å². The molecule has 0 aliphatic heterocycles. The van der Waals surface area contributed by atoms with Gasteiger partial charge in [0.2, 0.25) is 5.88 Å². The third-order valence-corrected chi connectivity index (χ3v) is 3.18. The summed E-state index contributed by atoms with van der Waals surface area (Å²) < 4.78 is 7.67. The predicted molar refractivity (Wildman–Crippen MR) is 81.0 cm³/mol. The van der Waals surface area contributed by atoms with Gasteiger partial charge in [0.05, 0.1) is 18.7 Å². The molecule has 5 nitrogen and oxygen atoms in total. The third kappa shape index (κ3) is 2.61. The molecule has 0 bridgehead atoms. The molecule has 2 rings (SSSR count). The summed E-state index contributed by atoms with van der Waals surface area (Å²) in [5.74, 6) is -0.635. The second-order valence-electron chi connectivity index (χ2n) is 4.36. The van der Waals surface area contributed by atoms with E-state index < -0.39 is 5.97 Å². The van der Waals surface area contributed by atoms with E-state index in [4.69, 9.17) is 16.4 Å². The van der Waals surface area contributed by atoms with Crippen molar-refractivity contribution in [3.8, 4) is 5.88 Å². The first kappa shape index (κ1) is 14.7. The standard InChI is InChI=1S/C16H16N2O3/c1-4-18-14-9-7-6-8-11(14)12(15(18)21-5-2)10-13(17-3)16(19)20/h6-10H,4-5H2,1-2H3,(H,19,20)/b13-10-. The van der Waals surface area contributed by atoms with Crippen LogP contribution in [0.5, 0.6) is 5.88 Å². The van der Waals surface area contributed by atoms with E-state index in [0.717, 1.165) is 10.9 Å². The van der Waals surface area contributed by atoms with Crippen LogP contribution in [0.15, 0.2) is 30.0 Å². The third-order valence-electron chi connectivity index (χ3n) is 3.18. The lowest BCUT2D eigenvalue weighted by Gasteiger charge is -2.09. The van der Waals surface area contributed by atoms with Gasteiger partial charge >= 0.3 is 5.97 Å². The molecule has 0 fully saturated rings. The van der Waals surface area contributed by atoms with Crippen LogP contribution in [0.25, 0.3) is 21.8 Å². The van der Waals surface area contributed by atoms with Crippen LogP contribution in [0.4, 0.5) is 0 Å². The fourth-order valence-electron chi connectivity index (χ4n) is 2.33. The molecule has 0 aliphatic carbocycles. The summed E-state index contributed by atoms with van der Waals surface area (Å²) in [5, 5.41) is 9.94. The number of carboxylic acid groups (broad SMARTS) is 1. The highest BCUT2D eigenvalue weighted by Crippen LogP contribution is 2.34. The minimum atomic E-state index is -1.24. The van der Waals surface area contributed by atoms with Gasteiger partial charge in [-0.2, -0.15) is 0 Å². The monoisotopic (exact) mass is 284 g/mol. The SMILES string of the molecule is [C-]#[N+]/C(=C\c1c(OCC)n(CC)c2ccccc12)C(=O)O. The van der Waals surface area contributed by atoms with Crippen LogP contribution in [0.3, 0.4) is 0 Å². The van der Waals surface area contributed by atoms with Gasteiger partial charge in [-0.05, 0) is 26.0 Å². The maximum absolute atomic E-state index is 11.1. The Labute approximate surface area is 122 Å². The number of para-hydroxylation sites is 1. The Morgan fingerprint density at radius 3 is 2.71 bits per heavy atom. The Kier molecular flexibility index (Phi) is 4.29. The molecule has 0 aliphatic rings. The molecular weight excluding hydrogens is 268 g/mol. The highest BCUT2D eigenvalue weighted by atomic mass is 16.5. The minimum absolute atomic E-state index is 0.324. The molecule has 1 aromatic carbocycles. The number of nitrogens with zero attached hydrogens (tertiary/aromatic N) is 2. The number of carbonyl (C=O) groups is 1. The van der Waals surface area contributed by atoms with Crippen molar-refractivity contribution in [2.45, 2.75) is 20.4 Å². The van der Waals surface area contributed by atoms with Gasteiger partial charge in [0.15, 0.2) is 0 Å². The second-order valence-corrected chi connectivity index (χ2v) is 4.36. The number of carboxylic acids is 1. The quantitative estimate of drug-likeness (QED) is 0.676. The van der Waals surface area contributed by atoms with E-state index in [9.17, 15) is 4.79 Å². The van der Waals surface area contributed by atoms with E-state index in [0.29, 0.717) is 24.6 Å². The maximum atomic E-state index is 11.1. The summed E-state index contributed by atoms with van der Waals surface area (Å²) in [5.41, 5.74) is 1.28. The molecule has 0 saturated heterocycles. The van der Waals surface area contributed by atoms with Crippen LogP contribution in [0.1, 0.15) is 19.4 Å². The second kappa shape index (κ2) is 6.14. The van der Waals surface area contributed by atoms with Crippen molar-refractivity contribution in [1.82, 2.24) is 4.57 Å². The fraction of sp³-hybridized carbons (Fsp3) is 0.250. The number of aliphatic carboxylic acids is 1. The van der Waals surface area contributed by atoms with Crippen molar-refractivity contribution in [2.24, 2.45) is 0 Å². The Balaban J connectivity index is 2.80. The van der Waals surface area contributed by atoms with Crippen molar-refractivity contribution in [3.63, 3.8) is 0 Å². The Morgan fingerprint density at radius 1 is 1.43 bits per heavy atom. The minimum Gasteiger partial charge on any atom is -0.486 e. The smallest absolute Gasteiger partial charge is 0.333 e. The number of ether oxygens (including phenoxy) is 1. The van der Waals surface area contributed by atoms with Crippen LogP contribution in [0, 0.1) is 6.57 Å². The van der Waals surface area contributed by atoms with Crippen LogP contribution in [0.2, 0.25) is 0 Å². The summed E-state index contributed by atoms with van der Waals surface area (Å²) in [7, 11) is 0. The zero-order valence-electron chi connectivity index (χ0n) is 12.0. The van der Waals surface area contributed by atoms with Crippen molar-refractivity contribution in [2.75, 3.05) is 6.61 Å². The van der Waals surface area contributed by atoms with E-state index in [1.165, 1.54) is 6.08 Å². The Hall–Kier alpha value is -2.74. The van der Waals surface area contributed by atoms with E-state index in [1.807, 2.05) is 42.7 Å². The number of fused-ring (bicyclic) bond motifs is 1. The number of hydrogen-bond acceptors (Lipinski definition) is 2. The van der Waals surface area contributed by atoms with Crippen LogP contribution < -0.4 is 4.74 Å². The van der Waals surface area contributed by atoms with Gasteiger partial charge in [0, 0.05) is 17.5 Å². The van der Waals surface area contributed by atoms with Crippen LogP contribution in [-0.4, -0.2) is 22.2 Å². The van der Waals surface area contributed by atoms with Gasteiger partial charge in [0.1, 0.15) is 0 Å². The van der Waals surface area contributed by atoms with Gasteiger partial charge < -0.3 is 14.4 Å². The lowest BCUT2D eigenvalue weighted by molar-refractivity contribution is -0.132. The average Bonchev–Trinajstić information content (AvgIpc) is 2.77. The molecule has 5 heteroatoms. The van der Waals surface area contributed by atoms with E-state index >= 15 is 0 Å². The Bertz CT molecular complexity index is 751. The van der Waals surface area contributed by atoms with E-state index in [-0.39, 0.29) is 5.70 Å². The summed E-state index contributed by atoms with van der Waals surface area (Å²) in [6.45, 7) is 12.0. The molecule has 1 heterocycles. The first-order valence-electron chi connectivity index (χ1n) is 6.70. The van der Waals surface area contributed by atoms with Gasteiger partial charge in [0.25, 0.3) is 5.70 Å². The fourth-order valence-corrected chi connectivity index (χ4v) is 2.33. The number of benzene rings is 1. The summed E-state index contributed by atoms with van der Waals surface area (Å²) in [6.07, 6.45) is 1.38. The largest absolute Gasteiger partial charge is 0.486 e. The van der Waals surface area contributed by atoms with Crippen molar-refractivity contribution in [1.29, 1.82) is 0 Å². The van der Waals surface area contributed by atoms with Gasteiger partial charge in [-0.3, -0.25) is 4.79 Å². The zero-order valence-corrected chi connectivity index (χ0v) is 12.0. The molecule has 2 aromatic rings. The normalized spacial score (nSPS) is 11.4. The van der Waals surface area contributed by atoms with Gasteiger partial charge in [-0.25, -0.2) is 4.85 Å². The number of rotatable bonds is 5. The van der Waals surface area contributed by atoms with Crippen LogP contribution >= 0.6 is 0 Å². The molecule has 0 amide bonds. The maximum Gasteiger partial charge on any atom is 0.333 e. The predicted octanol–water partition coefficient (Wildman–Crippen LogP) is 3.40. The summed E-state index contributed by atoms with van der Waals surface area (Å²) >= 11 is 0. The first-order chi connectivity index (χ1) is 10.1. The van der Waals surface area contributed by atoms with Crippen LogP contribution in [-0.2, 0) is 11.3 Å². The van der Waals surface area contributed by atoms with Crippen molar-refractivity contribution >= 4 is 22.9 Å². The highest BCUT2D eigenvalue weighted by molar-refractivity contribution is 6.00.